The molecule has 0 N–H and O–H groups in total. The highest BCUT2D eigenvalue weighted by molar-refractivity contribution is 6.12. The quantitative estimate of drug-likeness (QED) is 0.169. The summed E-state index contributed by atoms with van der Waals surface area (Å²) in [5, 5.41) is 4.44. The Kier molecular flexibility index (Phi) is 8.20. The fourth-order valence-electron chi connectivity index (χ4n) is 8.56. The van der Waals surface area contributed by atoms with Gasteiger partial charge in [0.2, 0.25) is 0 Å². The van der Waals surface area contributed by atoms with Gasteiger partial charge in [-0.15, -0.1) is 0 Å². The highest BCUT2D eigenvalue weighted by atomic mass is 19.4. The second-order valence-corrected chi connectivity index (χ2v) is 14.7. The summed E-state index contributed by atoms with van der Waals surface area (Å²) in [7, 11) is 0. The average Bonchev–Trinajstić information content (AvgIpc) is 3.81. The molecule has 11 aromatic rings. The highest BCUT2D eigenvalue weighted by Gasteiger charge is 2.34. The van der Waals surface area contributed by atoms with Gasteiger partial charge in [-0.3, -0.25) is 0 Å². The highest BCUT2D eigenvalue weighted by Crippen LogP contribution is 2.43. The Morgan fingerprint density at radius 3 is 1.33 bits per heavy atom. The van der Waals surface area contributed by atoms with E-state index in [-0.39, 0.29) is 11.4 Å². The first kappa shape index (κ1) is 35.3. The lowest BCUT2D eigenvalue weighted by Crippen LogP contribution is -2.08. The molecular formula is C52H32F3N5. The summed E-state index contributed by atoms with van der Waals surface area (Å²) in [6.07, 6.45) is -4.60. The zero-order valence-electron chi connectivity index (χ0n) is 31.8. The van der Waals surface area contributed by atoms with Crippen molar-refractivity contribution in [2.24, 2.45) is 0 Å². The van der Waals surface area contributed by atoms with E-state index in [0.29, 0.717) is 22.8 Å². The van der Waals surface area contributed by atoms with E-state index in [2.05, 4.69) is 88.0 Å². The van der Waals surface area contributed by atoms with Crippen molar-refractivity contribution in [3.63, 3.8) is 0 Å². The van der Waals surface area contributed by atoms with Crippen LogP contribution in [0.1, 0.15) is 5.56 Å². The van der Waals surface area contributed by atoms with E-state index >= 15 is 0 Å². The van der Waals surface area contributed by atoms with Crippen molar-refractivity contribution in [3.8, 4) is 56.7 Å². The van der Waals surface area contributed by atoms with Crippen LogP contribution >= 0.6 is 0 Å². The van der Waals surface area contributed by atoms with Gasteiger partial charge in [0.25, 0.3) is 0 Å². The molecule has 286 valence electrons. The van der Waals surface area contributed by atoms with Crippen LogP contribution in [-0.4, -0.2) is 24.1 Å². The van der Waals surface area contributed by atoms with Gasteiger partial charge in [0.1, 0.15) is 0 Å². The van der Waals surface area contributed by atoms with Crippen LogP contribution in [0, 0.1) is 0 Å². The molecule has 0 saturated carbocycles. The van der Waals surface area contributed by atoms with Gasteiger partial charge in [-0.05, 0) is 65.7 Å². The van der Waals surface area contributed by atoms with Gasteiger partial charge in [-0.25, -0.2) is 15.0 Å². The van der Waals surface area contributed by atoms with Gasteiger partial charge < -0.3 is 9.13 Å². The fraction of sp³-hybridized carbons (Fsp3) is 0.0192. The molecule has 0 fully saturated rings. The molecule has 0 saturated heterocycles. The van der Waals surface area contributed by atoms with Crippen LogP contribution in [0.2, 0.25) is 0 Å². The number of rotatable bonds is 6. The van der Waals surface area contributed by atoms with Gasteiger partial charge in [0.15, 0.2) is 17.5 Å². The molecule has 8 heteroatoms. The van der Waals surface area contributed by atoms with E-state index in [9.17, 15) is 13.2 Å². The van der Waals surface area contributed by atoms with Gasteiger partial charge >= 0.3 is 6.18 Å². The minimum Gasteiger partial charge on any atom is -0.309 e. The van der Waals surface area contributed by atoms with E-state index in [4.69, 9.17) is 15.0 Å². The van der Waals surface area contributed by atoms with Crippen LogP contribution < -0.4 is 0 Å². The molecule has 3 heterocycles. The summed E-state index contributed by atoms with van der Waals surface area (Å²) < 4.78 is 48.7. The van der Waals surface area contributed by atoms with Crippen molar-refractivity contribution in [1.29, 1.82) is 0 Å². The second-order valence-electron chi connectivity index (χ2n) is 14.7. The van der Waals surface area contributed by atoms with Crippen LogP contribution in [0.15, 0.2) is 194 Å². The predicted molar refractivity (Wildman–Crippen MR) is 235 cm³/mol. The van der Waals surface area contributed by atoms with Crippen LogP contribution in [0.4, 0.5) is 13.2 Å². The van der Waals surface area contributed by atoms with Crippen molar-refractivity contribution < 1.29 is 13.2 Å². The van der Waals surface area contributed by atoms with Gasteiger partial charge in [0.05, 0.1) is 27.6 Å². The molecule has 0 amide bonds. The molecule has 11 rings (SSSR count). The Bertz CT molecular complexity index is 3310. The number of hydrogen-bond donors (Lipinski definition) is 0. The summed E-state index contributed by atoms with van der Waals surface area (Å²) in [5.41, 5.74) is 7.49. The minimum absolute atomic E-state index is 0.0347. The number of fused-ring (bicyclic) bond motifs is 6. The largest absolute Gasteiger partial charge is 0.417 e. The van der Waals surface area contributed by atoms with Crippen LogP contribution in [0.25, 0.3) is 100 Å². The number of alkyl halides is 3. The fourth-order valence-corrected chi connectivity index (χ4v) is 8.56. The van der Waals surface area contributed by atoms with Gasteiger partial charge in [-0.2, -0.15) is 13.2 Å². The van der Waals surface area contributed by atoms with Crippen molar-refractivity contribution in [2.45, 2.75) is 6.18 Å². The molecule has 0 bridgehead atoms. The molecule has 60 heavy (non-hydrogen) atoms. The maximum absolute atomic E-state index is 14.8. The zero-order chi connectivity index (χ0) is 40.4. The predicted octanol–water partition coefficient (Wildman–Crippen LogP) is 13.8. The summed E-state index contributed by atoms with van der Waals surface area (Å²) >= 11 is 0. The Labute approximate surface area is 342 Å². The zero-order valence-corrected chi connectivity index (χ0v) is 31.8. The van der Waals surface area contributed by atoms with E-state index in [1.807, 2.05) is 84.9 Å². The first-order valence-corrected chi connectivity index (χ1v) is 19.6. The molecule has 0 spiro atoms. The van der Waals surface area contributed by atoms with Crippen molar-refractivity contribution in [3.05, 3.63) is 200 Å². The standard InChI is InChI=1S/C52H32F3N5/c53-52(54,55)44-23-11-7-19-38(44)37-29-27-35(32-43(37)51-57-49(33-15-3-1-4-16-33)56-50(58-51)34-17-5-2-6-18-34)60-47-26-14-10-22-41(47)42-31-36(28-30-48(42)60)59-45-24-12-8-20-39(45)40-21-9-13-25-46(40)59/h1-32H. The Morgan fingerprint density at radius 1 is 0.333 bits per heavy atom. The number of halogens is 3. The molecule has 0 unspecified atom stereocenters. The van der Waals surface area contributed by atoms with E-state index in [1.165, 1.54) is 22.9 Å². The molecule has 0 atom stereocenters. The molecular weight excluding hydrogens is 752 g/mol. The maximum atomic E-state index is 14.8. The second kappa shape index (κ2) is 13.9. The third-order valence-corrected chi connectivity index (χ3v) is 11.2. The monoisotopic (exact) mass is 783 g/mol. The Morgan fingerprint density at radius 2 is 0.767 bits per heavy atom. The molecule has 8 aromatic carbocycles. The molecule has 3 aromatic heterocycles. The normalized spacial score (nSPS) is 11.9. The molecule has 0 aliphatic rings. The lowest BCUT2D eigenvalue weighted by Gasteiger charge is -2.18. The third-order valence-electron chi connectivity index (χ3n) is 11.2. The van der Waals surface area contributed by atoms with Gasteiger partial charge in [-0.1, -0.05) is 140 Å². The summed E-state index contributed by atoms with van der Waals surface area (Å²) in [6, 6.07) is 61.9. The summed E-state index contributed by atoms with van der Waals surface area (Å²) in [4.78, 5) is 14.9. The Balaban J connectivity index is 1.18. The van der Waals surface area contributed by atoms with E-state index in [0.717, 1.165) is 61.4 Å². The maximum Gasteiger partial charge on any atom is 0.417 e. The van der Waals surface area contributed by atoms with Crippen molar-refractivity contribution >= 4 is 43.6 Å². The SMILES string of the molecule is FC(F)(F)c1ccccc1-c1ccc(-n2c3ccccc3c3cc(-n4c5ccccc5c5ccccc54)ccc32)cc1-c1nc(-c2ccccc2)nc(-c2ccccc2)n1. The molecule has 0 aliphatic carbocycles. The number of benzene rings is 8. The Hall–Kier alpha value is -7.84. The average molecular weight is 784 g/mol. The first-order chi connectivity index (χ1) is 29.4. The molecule has 5 nitrogen and oxygen atoms in total. The molecule has 0 radical (unpaired) electrons. The van der Waals surface area contributed by atoms with Crippen LogP contribution in [-0.2, 0) is 6.18 Å². The smallest absolute Gasteiger partial charge is 0.309 e. The van der Waals surface area contributed by atoms with E-state index < -0.39 is 11.7 Å². The lowest BCUT2D eigenvalue weighted by molar-refractivity contribution is -0.137. The topological polar surface area (TPSA) is 48.5 Å². The van der Waals surface area contributed by atoms with Crippen molar-refractivity contribution in [2.75, 3.05) is 0 Å². The van der Waals surface area contributed by atoms with Crippen LogP contribution in [0.3, 0.4) is 0 Å². The van der Waals surface area contributed by atoms with Gasteiger partial charge in [0, 0.05) is 49.6 Å². The third kappa shape index (κ3) is 5.83. The minimum atomic E-state index is -4.60. The first-order valence-electron chi connectivity index (χ1n) is 19.6. The number of hydrogen-bond acceptors (Lipinski definition) is 3. The number of nitrogens with zero attached hydrogens (tertiary/aromatic N) is 5. The van der Waals surface area contributed by atoms with E-state index in [1.54, 1.807) is 12.1 Å². The number of para-hydroxylation sites is 3. The number of aromatic nitrogens is 5. The van der Waals surface area contributed by atoms with Crippen molar-refractivity contribution in [1.82, 2.24) is 24.1 Å². The van der Waals surface area contributed by atoms with Crippen LogP contribution in [0.5, 0.6) is 0 Å². The summed E-state index contributed by atoms with van der Waals surface area (Å²) in [6.45, 7) is 0. The molecule has 0 aliphatic heterocycles. The lowest BCUT2D eigenvalue weighted by atomic mass is 9.94. The summed E-state index contributed by atoms with van der Waals surface area (Å²) in [5.74, 6) is 1.08.